The van der Waals surface area contributed by atoms with E-state index >= 15 is 0 Å². The molecule has 2 N–H and O–H groups in total. The van der Waals surface area contributed by atoms with Gasteiger partial charge in [-0.3, -0.25) is 0 Å². The summed E-state index contributed by atoms with van der Waals surface area (Å²) in [7, 11) is 1.87. The summed E-state index contributed by atoms with van der Waals surface area (Å²) in [6.07, 6.45) is 3.77. The number of anilines is 2. The Kier molecular flexibility index (Phi) is 3.47. The monoisotopic (exact) mass is 236 g/mol. The van der Waals surface area contributed by atoms with Crippen molar-refractivity contribution >= 4 is 11.6 Å². The highest BCUT2D eigenvalue weighted by Crippen LogP contribution is 2.26. The van der Waals surface area contributed by atoms with E-state index in [1.807, 2.05) is 14.0 Å². The molecule has 1 aromatic rings. The number of ether oxygens (including phenoxy) is 1. The summed E-state index contributed by atoms with van der Waals surface area (Å²) >= 11 is 0. The van der Waals surface area contributed by atoms with E-state index in [9.17, 15) is 0 Å². The van der Waals surface area contributed by atoms with Crippen molar-refractivity contribution in [3.63, 3.8) is 0 Å². The first-order valence-electron chi connectivity index (χ1n) is 6.00. The normalized spacial score (nSPS) is 24.4. The molecular weight excluding hydrogens is 216 g/mol. The van der Waals surface area contributed by atoms with Gasteiger partial charge in [0.05, 0.1) is 12.1 Å². The van der Waals surface area contributed by atoms with Gasteiger partial charge in [0, 0.05) is 19.2 Å². The molecule has 1 atom stereocenters. The molecule has 2 heterocycles. The molecule has 1 aliphatic heterocycles. The molecule has 2 rings (SSSR count). The molecule has 0 bridgehead atoms. The minimum absolute atomic E-state index is 0.0254. The van der Waals surface area contributed by atoms with Gasteiger partial charge in [0.1, 0.15) is 18.0 Å². The molecule has 0 spiro atoms. The second kappa shape index (κ2) is 4.87. The van der Waals surface area contributed by atoms with Gasteiger partial charge in [-0.1, -0.05) is 0 Å². The fraction of sp³-hybridized carbons (Fsp3) is 0.667. The lowest BCUT2D eigenvalue weighted by molar-refractivity contribution is 0.0538. The molecule has 0 amide bonds. The van der Waals surface area contributed by atoms with Crippen LogP contribution in [0.15, 0.2) is 6.33 Å². The van der Waals surface area contributed by atoms with Gasteiger partial charge in [0.2, 0.25) is 0 Å². The minimum atomic E-state index is -0.0254. The van der Waals surface area contributed by atoms with Crippen LogP contribution in [0.4, 0.5) is 11.6 Å². The van der Waals surface area contributed by atoms with Crippen LogP contribution < -0.4 is 10.6 Å². The highest BCUT2D eigenvalue weighted by atomic mass is 16.5. The van der Waals surface area contributed by atoms with E-state index in [0.29, 0.717) is 0 Å². The third-order valence-corrected chi connectivity index (χ3v) is 3.18. The molecule has 5 heteroatoms. The van der Waals surface area contributed by atoms with Gasteiger partial charge in [0.25, 0.3) is 0 Å². The number of aromatic nitrogens is 2. The van der Waals surface area contributed by atoms with Crippen LogP contribution in [-0.4, -0.2) is 35.8 Å². The predicted molar refractivity (Wildman–Crippen MR) is 68.4 cm³/mol. The van der Waals surface area contributed by atoms with Crippen LogP contribution in [0, 0.1) is 6.92 Å². The Morgan fingerprint density at radius 1 is 1.35 bits per heavy atom. The van der Waals surface area contributed by atoms with Crippen LogP contribution in [0.25, 0.3) is 0 Å². The second-order valence-corrected chi connectivity index (χ2v) is 4.79. The molecule has 0 aromatic carbocycles. The van der Waals surface area contributed by atoms with Gasteiger partial charge in [-0.05, 0) is 26.7 Å². The molecule has 0 aliphatic carbocycles. The van der Waals surface area contributed by atoms with Crippen LogP contribution in [-0.2, 0) is 4.74 Å². The molecule has 0 radical (unpaired) electrons. The molecule has 1 fully saturated rings. The highest BCUT2D eigenvalue weighted by molar-refractivity contribution is 5.57. The summed E-state index contributed by atoms with van der Waals surface area (Å²) in [5.74, 6) is 1.75. The SMILES string of the molecule is CNc1ncnc(NC2(C)CCCOC2)c1C. The van der Waals surface area contributed by atoms with Crippen LogP contribution >= 0.6 is 0 Å². The van der Waals surface area contributed by atoms with Crippen molar-refractivity contribution in [1.82, 2.24) is 9.97 Å². The lowest BCUT2D eigenvalue weighted by Crippen LogP contribution is -2.43. The van der Waals surface area contributed by atoms with Crippen molar-refractivity contribution in [3.05, 3.63) is 11.9 Å². The average molecular weight is 236 g/mol. The van der Waals surface area contributed by atoms with Gasteiger partial charge in [-0.25, -0.2) is 9.97 Å². The van der Waals surface area contributed by atoms with E-state index in [2.05, 4.69) is 27.5 Å². The molecule has 0 saturated carbocycles. The zero-order valence-electron chi connectivity index (χ0n) is 10.7. The maximum atomic E-state index is 5.53. The van der Waals surface area contributed by atoms with Gasteiger partial charge in [0.15, 0.2) is 0 Å². The topological polar surface area (TPSA) is 59.1 Å². The Bertz CT molecular complexity index is 388. The smallest absolute Gasteiger partial charge is 0.134 e. The zero-order chi connectivity index (χ0) is 12.3. The van der Waals surface area contributed by atoms with E-state index in [1.165, 1.54) is 0 Å². The lowest BCUT2D eigenvalue weighted by atomic mass is 9.95. The van der Waals surface area contributed by atoms with Crippen molar-refractivity contribution in [2.75, 3.05) is 30.9 Å². The number of hydrogen-bond acceptors (Lipinski definition) is 5. The highest BCUT2D eigenvalue weighted by Gasteiger charge is 2.28. The van der Waals surface area contributed by atoms with Gasteiger partial charge < -0.3 is 15.4 Å². The molecule has 94 valence electrons. The average Bonchev–Trinajstić information content (AvgIpc) is 2.32. The second-order valence-electron chi connectivity index (χ2n) is 4.79. The zero-order valence-corrected chi connectivity index (χ0v) is 10.7. The van der Waals surface area contributed by atoms with Crippen molar-refractivity contribution in [2.24, 2.45) is 0 Å². The number of hydrogen-bond donors (Lipinski definition) is 2. The summed E-state index contributed by atoms with van der Waals surface area (Å²) in [5.41, 5.74) is 1.02. The Morgan fingerprint density at radius 3 is 2.76 bits per heavy atom. The molecule has 1 saturated heterocycles. The Balaban J connectivity index is 2.17. The Morgan fingerprint density at radius 2 is 2.12 bits per heavy atom. The van der Waals surface area contributed by atoms with Gasteiger partial charge >= 0.3 is 0 Å². The Hall–Kier alpha value is -1.36. The molecule has 17 heavy (non-hydrogen) atoms. The maximum absolute atomic E-state index is 5.53. The molecular formula is C12H20N4O. The van der Waals surface area contributed by atoms with Crippen LogP contribution in [0.5, 0.6) is 0 Å². The first-order chi connectivity index (χ1) is 8.14. The van der Waals surface area contributed by atoms with Gasteiger partial charge in [-0.2, -0.15) is 0 Å². The van der Waals surface area contributed by atoms with Crippen molar-refractivity contribution in [3.8, 4) is 0 Å². The van der Waals surface area contributed by atoms with Crippen molar-refractivity contribution in [2.45, 2.75) is 32.2 Å². The molecule has 1 aromatic heterocycles. The van der Waals surface area contributed by atoms with Crippen molar-refractivity contribution in [1.29, 1.82) is 0 Å². The lowest BCUT2D eigenvalue weighted by Gasteiger charge is -2.35. The molecule has 5 nitrogen and oxygen atoms in total. The van der Waals surface area contributed by atoms with E-state index < -0.39 is 0 Å². The third kappa shape index (κ3) is 2.66. The maximum Gasteiger partial charge on any atom is 0.134 e. The van der Waals surface area contributed by atoms with E-state index in [0.717, 1.165) is 43.3 Å². The summed E-state index contributed by atoms with van der Waals surface area (Å²) in [6.45, 7) is 5.78. The first-order valence-corrected chi connectivity index (χ1v) is 6.00. The number of rotatable bonds is 3. The fourth-order valence-corrected chi connectivity index (χ4v) is 2.15. The summed E-state index contributed by atoms with van der Waals surface area (Å²) < 4.78 is 5.53. The fourth-order valence-electron chi connectivity index (χ4n) is 2.15. The van der Waals surface area contributed by atoms with Crippen LogP contribution in [0.2, 0.25) is 0 Å². The van der Waals surface area contributed by atoms with Crippen LogP contribution in [0.3, 0.4) is 0 Å². The van der Waals surface area contributed by atoms with Crippen LogP contribution in [0.1, 0.15) is 25.3 Å². The molecule has 1 unspecified atom stereocenters. The van der Waals surface area contributed by atoms with E-state index in [4.69, 9.17) is 4.74 Å². The number of nitrogens with zero attached hydrogens (tertiary/aromatic N) is 2. The first kappa shape index (κ1) is 12.1. The third-order valence-electron chi connectivity index (χ3n) is 3.18. The predicted octanol–water partition coefficient (Wildman–Crippen LogP) is 1.81. The summed E-state index contributed by atoms with van der Waals surface area (Å²) in [5, 5.41) is 6.55. The quantitative estimate of drug-likeness (QED) is 0.838. The van der Waals surface area contributed by atoms with E-state index in [-0.39, 0.29) is 5.54 Å². The minimum Gasteiger partial charge on any atom is -0.379 e. The summed E-state index contributed by atoms with van der Waals surface area (Å²) in [6, 6.07) is 0. The number of nitrogens with one attached hydrogen (secondary N) is 2. The van der Waals surface area contributed by atoms with Gasteiger partial charge in [-0.15, -0.1) is 0 Å². The Labute approximate surface area is 102 Å². The van der Waals surface area contributed by atoms with E-state index in [1.54, 1.807) is 6.33 Å². The standard InChI is InChI=1S/C12H20N4O/c1-9-10(13-3)14-8-15-11(9)16-12(2)5-4-6-17-7-12/h8H,4-7H2,1-3H3,(H2,13,14,15,16). The summed E-state index contributed by atoms with van der Waals surface area (Å²) in [4.78, 5) is 8.49. The largest absolute Gasteiger partial charge is 0.379 e. The van der Waals surface area contributed by atoms with Crippen molar-refractivity contribution < 1.29 is 4.74 Å². The molecule has 1 aliphatic rings.